The Morgan fingerprint density at radius 1 is 1.16 bits per heavy atom. The number of alkyl halides is 2. The van der Waals surface area contributed by atoms with Gasteiger partial charge in [-0.25, -0.2) is 13.4 Å². The van der Waals surface area contributed by atoms with Crippen LogP contribution in [0.15, 0.2) is 61.1 Å². The molecule has 0 bridgehead atoms. The number of sulfonamides is 1. The molecule has 0 aliphatic carbocycles. The van der Waals surface area contributed by atoms with Crippen molar-refractivity contribution in [3.63, 3.8) is 0 Å². The number of anilines is 2. The minimum absolute atomic E-state index is 0.00549. The molecule has 4 heterocycles. The highest BCUT2D eigenvalue weighted by Gasteiger charge is 2.26. The molecule has 2 aromatic carbocycles. The summed E-state index contributed by atoms with van der Waals surface area (Å²) in [6.45, 7) is 1.36. The Hall–Kier alpha value is -4.27. The summed E-state index contributed by atoms with van der Waals surface area (Å²) in [7, 11) is -3.19. The number of ether oxygens (including phenoxy) is 2. The molecule has 15 heteroatoms. The van der Waals surface area contributed by atoms with E-state index in [2.05, 4.69) is 10.1 Å². The zero-order chi connectivity index (χ0) is 31.0. The molecule has 1 fully saturated rings. The number of nitrogens with zero attached hydrogens (tertiary/aromatic N) is 5. The molecule has 44 heavy (non-hydrogen) atoms. The number of aryl methyl sites for hydroxylation is 1. The van der Waals surface area contributed by atoms with E-state index in [1.807, 2.05) is 15.6 Å². The largest absolute Gasteiger partial charge is 0.487 e. The Kier molecular flexibility index (Phi) is 8.14. The van der Waals surface area contributed by atoms with Crippen molar-refractivity contribution >= 4 is 44.0 Å². The molecule has 0 amide bonds. The van der Waals surface area contributed by atoms with E-state index in [4.69, 9.17) is 31.9 Å². The highest BCUT2D eigenvalue weighted by molar-refractivity contribution is 7.93. The van der Waals surface area contributed by atoms with Crippen molar-refractivity contribution < 1.29 is 26.7 Å². The van der Waals surface area contributed by atoms with E-state index in [9.17, 15) is 17.2 Å². The van der Waals surface area contributed by atoms with Crippen LogP contribution in [-0.4, -0.2) is 51.9 Å². The van der Waals surface area contributed by atoms with Crippen LogP contribution in [-0.2, 0) is 28.4 Å². The van der Waals surface area contributed by atoms with Gasteiger partial charge < -0.3 is 15.2 Å². The van der Waals surface area contributed by atoms with E-state index in [0.29, 0.717) is 46.0 Å². The molecule has 0 spiro atoms. The molecule has 0 unspecified atom stereocenters. The van der Waals surface area contributed by atoms with Gasteiger partial charge >= 0.3 is 5.76 Å². The smallest absolute Gasteiger partial charge is 0.355 e. The standard InChI is InChI=1S/C29H28ClF2N7O4S/c1-38-27-22(19-13-35-39(15-19)21-7-9-42-10-8-21)14-34-28(33)25(27)26(36-38)18-5-6-23(37-44(40,41)29(31)32)24(12-18)43-16-17-3-2-4-20(30)11-17/h2-6,11-15,21,29,37H,7-10,16H2,1H3,(H2,33,34). The van der Waals surface area contributed by atoms with Gasteiger partial charge in [-0.1, -0.05) is 29.8 Å². The average Bonchev–Trinajstić information content (AvgIpc) is 3.63. The zero-order valence-electron chi connectivity index (χ0n) is 23.5. The lowest BCUT2D eigenvalue weighted by atomic mass is 10.0. The first kappa shape index (κ1) is 29.8. The van der Waals surface area contributed by atoms with E-state index >= 15 is 0 Å². The Balaban J connectivity index is 1.41. The molecule has 11 nitrogen and oxygen atoms in total. The van der Waals surface area contributed by atoms with Crippen LogP contribution in [0.3, 0.4) is 0 Å². The lowest BCUT2D eigenvalue weighted by molar-refractivity contribution is 0.0662. The molecular formula is C29H28ClF2N7O4S. The van der Waals surface area contributed by atoms with Crippen LogP contribution in [0.1, 0.15) is 24.4 Å². The molecule has 6 rings (SSSR count). The molecule has 0 atom stereocenters. The van der Waals surface area contributed by atoms with Crippen LogP contribution in [0, 0.1) is 0 Å². The first-order chi connectivity index (χ1) is 21.1. The Morgan fingerprint density at radius 3 is 2.70 bits per heavy atom. The summed E-state index contributed by atoms with van der Waals surface area (Å²) in [5.41, 5.74) is 10.2. The number of hydrogen-bond acceptors (Lipinski definition) is 8. The quantitative estimate of drug-likeness (QED) is 0.211. The molecule has 1 aliphatic heterocycles. The minimum atomic E-state index is -4.97. The third-order valence-corrected chi connectivity index (χ3v) is 8.60. The fourth-order valence-corrected chi connectivity index (χ4v) is 6.01. The molecule has 3 aromatic heterocycles. The topological polar surface area (TPSA) is 139 Å². The normalized spacial score (nSPS) is 14.4. The summed E-state index contributed by atoms with van der Waals surface area (Å²) in [5.74, 6) is -3.40. The van der Waals surface area contributed by atoms with Gasteiger partial charge in [0, 0.05) is 54.4 Å². The van der Waals surface area contributed by atoms with Crippen molar-refractivity contribution in [2.75, 3.05) is 23.7 Å². The maximum atomic E-state index is 13.2. The number of nitrogens with two attached hydrogens (primary N) is 1. The van der Waals surface area contributed by atoms with Gasteiger partial charge in [-0.15, -0.1) is 0 Å². The zero-order valence-corrected chi connectivity index (χ0v) is 25.0. The van der Waals surface area contributed by atoms with E-state index < -0.39 is 15.8 Å². The van der Waals surface area contributed by atoms with Gasteiger partial charge in [-0.2, -0.15) is 19.0 Å². The van der Waals surface area contributed by atoms with Crippen molar-refractivity contribution in [1.82, 2.24) is 24.5 Å². The summed E-state index contributed by atoms with van der Waals surface area (Å²) < 4.78 is 67.5. The minimum Gasteiger partial charge on any atom is -0.487 e. The van der Waals surface area contributed by atoms with Gasteiger partial charge in [-0.05, 0) is 42.7 Å². The predicted octanol–water partition coefficient (Wildman–Crippen LogP) is 5.63. The van der Waals surface area contributed by atoms with Crippen LogP contribution in [0.4, 0.5) is 20.3 Å². The molecule has 0 saturated carbocycles. The van der Waals surface area contributed by atoms with Gasteiger partial charge in [0.05, 0.1) is 28.8 Å². The molecule has 5 aromatic rings. The third kappa shape index (κ3) is 5.92. The van der Waals surface area contributed by atoms with E-state index in [1.165, 1.54) is 12.1 Å². The second-order valence-electron chi connectivity index (χ2n) is 10.3. The first-order valence-electron chi connectivity index (χ1n) is 13.7. The third-order valence-electron chi connectivity index (χ3n) is 7.39. The Labute approximate surface area is 256 Å². The predicted molar refractivity (Wildman–Crippen MR) is 163 cm³/mol. The van der Waals surface area contributed by atoms with E-state index in [-0.39, 0.29) is 29.9 Å². The Morgan fingerprint density at radius 2 is 1.95 bits per heavy atom. The van der Waals surface area contributed by atoms with Crippen LogP contribution >= 0.6 is 11.6 Å². The maximum Gasteiger partial charge on any atom is 0.355 e. The highest BCUT2D eigenvalue weighted by Crippen LogP contribution is 2.40. The van der Waals surface area contributed by atoms with Gasteiger partial charge in [0.1, 0.15) is 23.9 Å². The number of fused-ring (bicyclic) bond motifs is 1. The van der Waals surface area contributed by atoms with Gasteiger partial charge in [0.25, 0.3) is 10.0 Å². The number of nitrogen functional groups attached to an aromatic ring is 1. The van der Waals surface area contributed by atoms with Crippen LogP contribution in [0.25, 0.3) is 33.3 Å². The number of pyridine rings is 1. The highest BCUT2D eigenvalue weighted by atomic mass is 35.5. The summed E-state index contributed by atoms with van der Waals surface area (Å²) in [5, 5.41) is 10.4. The number of halogens is 3. The summed E-state index contributed by atoms with van der Waals surface area (Å²) in [4.78, 5) is 4.45. The molecule has 0 radical (unpaired) electrons. The fraction of sp³-hybridized carbons (Fsp3) is 0.276. The molecule has 1 aliphatic rings. The SMILES string of the molecule is Cn1nc(-c2ccc(NS(=O)(=O)C(F)F)c(OCc3cccc(Cl)c3)c2)c2c(N)ncc(-c3cnn(C4CCOCC4)c3)c21. The molecular weight excluding hydrogens is 616 g/mol. The second-order valence-corrected chi connectivity index (χ2v) is 12.4. The van der Waals surface area contributed by atoms with Crippen molar-refractivity contribution in [3.8, 4) is 28.1 Å². The summed E-state index contributed by atoms with van der Waals surface area (Å²) in [6, 6.07) is 11.5. The monoisotopic (exact) mass is 643 g/mol. The average molecular weight is 644 g/mol. The second kappa shape index (κ2) is 12.0. The fourth-order valence-electron chi connectivity index (χ4n) is 5.23. The number of nitrogens with one attached hydrogen (secondary N) is 1. The van der Waals surface area contributed by atoms with Crippen LogP contribution in [0.5, 0.6) is 5.75 Å². The van der Waals surface area contributed by atoms with E-state index in [0.717, 1.165) is 24.0 Å². The van der Waals surface area contributed by atoms with Gasteiger partial charge in [0.15, 0.2) is 0 Å². The first-order valence-corrected chi connectivity index (χ1v) is 15.6. The van der Waals surface area contributed by atoms with Gasteiger partial charge in [-0.3, -0.25) is 14.1 Å². The summed E-state index contributed by atoms with van der Waals surface area (Å²) >= 11 is 6.09. The Bertz CT molecular complexity index is 1940. The van der Waals surface area contributed by atoms with Crippen molar-refractivity contribution in [3.05, 3.63) is 71.6 Å². The molecule has 1 saturated heterocycles. The number of benzene rings is 2. The van der Waals surface area contributed by atoms with Crippen molar-refractivity contribution in [1.29, 1.82) is 0 Å². The van der Waals surface area contributed by atoms with Crippen molar-refractivity contribution in [2.45, 2.75) is 31.2 Å². The van der Waals surface area contributed by atoms with Gasteiger partial charge in [0.2, 0.25) is 0 Å². The molecule has 3 N–H and O–H groups in total. The maximum absolute atomic E-state index is 13.2. The number of rotatable bonds is 9. The lowest BCUT2D eigenvalue weighted by Crippen LogP contribution is -2.21. The molecule has 230 valence electrons. The number of aromatic nitrogens is 5. The van der Waals surface area contributed by atoms with Crippen LogP contribution in [0.2, 0.25) is 5.02 Å². The lowest BCUT2D eigenvalue weighted by Gasteiger charge is -2.22. The van der Waals surface area contributed by atoms with E-state index in [1.54, 1.807) is 54.5 Å². The number of hydrogen-bond donors (Lipinski definition) is 2. The summed E-state index contributed by atoms with van der Waals surface area (Å²) in [6.07, 6.45) is 7.17. The van der Waals surface area contributed by atoms with Crippen LogP contribution < -0.4 is 15.2 Å². The van der Waals surface area contributed by atoms with Crippen molar-refractivity contribution in [2.24, 2.45) is 7.05 Å².